The number of nitrogens with one attached hydrogen (secondary N) is 1. The van der Waals surface area contributed by atoms with Gasteiger partial charge in [0, 0.05) is 16.8 Å². The molecule has 0 aliphatic heterocycles. The summed E-state index contributed by atoms with van der Waals surface area (Å²) in [6.45, 7) is 0.248. The summed E-state index contributed by atoms with van der Waals surface area (Å²) in [6, 6.07) is 4.63. The van der Waals surface area contributed by atoms with Gasteiger partial charge in [0.2, 0.25) is 0 Å². The molecular weight excluding hydrogens is 260 g/mol. The minimum absolute atomic E-state index is 0.0558. The van der Waals surface area contributed by atoms with E-state index in [1.807, 2.05) is 0 Å². The largest absolute Gasteiger partial charge is 0.478 e. The summed E-state index contributed by atoms with van der Waals surface area (Å²) in [5.74, 6) is -2.09. The van der Waals surface area contributed by atoms with Crippen molar-refractivity contribution in [3.8, 4) is 0 Å². The number of carboxylic acids is 1. The number of benzene rings is 1. The predicted octanol–water partition coefficient (Wildman–Crippen LogP) is 3.34. The molecule has 0 fully saturated rings. The standard InChI is InChI=1S/C12H9F2NO2S/c13-8-1-2-10(14)11(4-8)15-5-9-3-7(6-18-9)12(16)17/h1-4,6,15H,5H2,(H,16,17). The molecule has 3 nitrogen and oxygen atoms in total. The minimum Gasteiger partial charge on any atom is -0.478 e. The molecule has 18 heavy (non-hydrogen) atoms. The van der Waals surface area contributed by atoms with E-state index in [1.165, 1.54) is 22.8 Å². The zero-order valence-corrected chi connectivity index (χ0v) is 9.93. The van der Waals surface area contributed by atoms with Crippen molar-refractivity contribution in [3.63, 3.8) is 0 Å². The average Bonchev–Trinajstić information content (AvgIpc) is 2.79. The van der Waals surface area contributed by atoms with Crippen LogP contribution < -0.4 is 5.32 Å². The first kappa shape index (κ1) is 12.5. The first-order chi connectivity index (χ1) is 8.56. The third-order valence-corrected chi connectivity index (χ3v) is 3.22. The van der Waals surface area contributed by atoms with Crippen molar-refractivity contribution < 1.29 is 18.7 Å². The van der Waals surface area contributed by atoms with Gasteiger partial charge >= 0.3 is 5.97 Å². The Balaban J connectivity index is 2.06. The second-order valence-corrected chi connectivity index (χ2v) is 4.58. The van der Waals surface area contributed by atoms with Gasteiger partial charge in [0.15, 0.2) is 0 Å². The second-order valence-electron chi connectivity index (χ2n) is 3.58. The van der Waals surface area contributed by atoms with Crippen LogP contribution in [0.5, 0.6) is 0 Å². The fourth-order valence-corrected chi connectivity index (χ4v) is 2.20. The Hall–Kier alpha value is -1.95. The number of anilines is 1. The topological polar surface area (TPSA) is 49.3 Å². The zero-order chi connectivity index (χ0) is 13.1. The summed E-state index contributed by atoms with van der Waals surface area (Å²) in [5.41, 5.74) is 0.247. The molecule has 0 amide bonds. The van der Waals surface area contributed by atoms with Crippen molar-refractivity contribution in [3.05, 3.63) is 51.7 Å². The molecule has 0 bridgehead atoms. The van der Waals surface area contributed by atoms with Crippen LogP contribution >= 0.6 is 11.3 Å². The summed E-state index contributed by atoms with van der Waals surface area (Å²) in [4.78, 5) is 11.4. The third kappa shape index (κ3) is 2.84. The Bertz CT molecular complexity index is 583. The predicted molar refractivity (Wildman–Crippen MR) is 65.0 cm³/mol. The van der Waals surface area contributed by atoms with Gasteiger partial charge in [-0.2, -0.15) is 0 Å². The van der Waals surface area contributed by atoms with Gasteiger partial charge < -0.3 is 10.4 Å². The van der Waals surface area contributed by atoms with Crippen LogP contribution in [0.2, 0.25) is 0 Å². The van der Waals surface area contributed by atoms with Gasteiger partial charge in [0.1, 0.15) is 11.6 Å². The summed E-state index contributed by atoms with van der Waals surface area (Å²) < 4.78 is 26.2. The van der Waals surface area contributed by atoms with Gasteiger partial charge in [-0.05, 0) is 24.3 Å². The molecule has 0 atom stereocenters. The first-order valence-corrected chi connectivity index (χ1v) is 5.94. The van der Waals surface area contributed by atoms with Crippen LogP contribution in [0.25, 0.3) is 0 Å². The first-order valence-electron chi connectivity index (χ1n) is 5.06. The second kappa shape index (κ2) is 5.14. The molecule has 0 aliphatic carbocycles. The average molecular weight is 269 g/mol. The third-order valence-electron chi connectivity index (χ3n) is 2.28. The highest BCUT2D eigenvalue weighted by molar-refractivity contribution is 7.10. The summed E-state index contributed by atoms with van der Waals surface area (Å²) in [5, 5.41) is 13.0. The monoisotopic (exact) mass is 269 g/mol. The zero-order valence-electron chi connectivity index (χ0n) is 9.11. The van der Waals surface area contributed by atoms with Crippen molar-refractivity contribution >= 4 is 23.0 Å². The highest BCUT2D eigenvalue weighted by atomic mass is 32.1. The smallest absolute Gasteiger partial charge is 0.336 e. The minimum atomic E-state index is -1.01. The van der Waals surface area contributed by atoms with E-state index in [0.717, 1.165) is 23.1 Å². The molecule has 2 N–H and O–H groups in total. The highest BCUT2D eigenvalue weighted by Gasteiger charge is 2.07. The number of thiophene rings is 1. The Morgan fingerprint density at radius 1 is 1.33 bits per heavy atom. The molecule has 0 spiro atoms. The van der Waals surface area contributed by atoms with E-state index in [-0.39, 0.29) is 17.8 Å². The maximum Gasteiger partial charge on any atom is 0.336 e. The van der Waals surface area contributed by atoms with E-state index in [0.29, 0.717) is 0 Å². The van der Waals surface area contributed by atoms with Crippen LogP contribution in [0, 0.1) is 11.6 Å². The highest BCUT2D eigenvalue weighted by Crippen LogP contribution is 2.19. The molecule has 6 heteroatoms. The van der Waals surface area contributed by atoms with Crippen molar-refractivity contribution in [1.29, 1.82) is 0 Å². The lowest BCUT2D eigenvalue weighted by atomic mass is 10.3. The van der Waals surface area contributed by atoms with E-state index >= 15 is 0 Å². The molecule has 1 aromatic carbocycles. The molecule has 2 aromatic rings. The number of carboxylic acid groups (broad SMARTS) is 1. The number of carbonyl (C=O) groups is 1. The Morgan fingerprint density at radius 3 is 2.78 bits per heavy atom. The molecule has 2 rings (SSSR count). The van der Waals surface area contributed by atoms with Gasteiger partial charge in [-0.3, -0.25) is 0 Å². The SMILES string of the molecule is O=C(O)c1csc(CNc2cc(F)ccc2F)c1. The van der Waals surface area contributed by atoms with Gasteiger partial charge in [-0.15, -0.1) is 11.3 Å². The van der Waals surface area contributed by atoms with Crippen molar-refractivity contribution in [1.82, 2.24) is 0 Å². The summed E-state index contributed by atoms with van der Waals surface area (Å²) >= 11 is 1.25. The molecule has 0 saturated heterocycles. The molecule has 94 valence electrons. The number of rotatable bonds is 4. The lowest BCUT2D eigenvalue weighted by Crippen LogP contribution is -2.00. The fourth-order valence-electron chi connectivity index (χ4n) is 1.40. The molecule has 0 aliphatic rings. The number of halogens is 2. The van der Waals surface area contributed by atoms with Crippen LogP contribution in [-0.4, -0.2) is 11.1 Å². The number of hydrogen-bond donors (Lipinski definition) is 2. The quantitative estimate of drug-likeness (QED) is 0.895. The Kier molecular flexibility index (Phi) is 3.57. The Labute approximate surface area is 106 Å². The lowest BCUT2D eigenvalue weighted by molar-refractivity contribution is 0.0697. The maximum absolute atomic E-state index is 13.3. The molecule has 0 radical (unpaired) electrons. The van der Waals surface area contributed by atoms with E-state index in [2.05, 4.69) is 5.32 Å². The molecule has 1 heterocycles. The van der Waals surface area contributed by atoms with E-state index in [9.17, 15) is 13.6 Å². The number of aromatic carboxylic acids is 1. The van der Waals surface area contributed by atoms with E-state index in [1.54, 1.807) is 0 Å². The number of hydrogen-bond acceptors (Lipinski definition) is 3. The summed E-state index contributed by atoms with van der Waals surface area (Å²) in [6.07, 6.45) is 0. The normalized spacial score (nSPS) is 10.3. The van der Waals surface area contributed by atoms with Crippen molar-refractivity contribution in [2.45, 2.75) is 6.54 Å². The maximum atomic E-state index is 13.3. The van der Waals surface area contributed by atoms with Crippen LogP contribution in [-0.2, 0) is 6.54 Å². The van der Waals surface area contributed by atoms with Crippen LogP contribution in [0.1, 0.15) is 15.2 Å². The molecule has 1 aromatic heterocycles. The van der Waals surface area contributed by atoms with Crippen molar-refractivity contribution in [2.24, 2.45) is 0 Å². The fraction of sp³-hybridized carbons (Fsp3) is 0.0833. The van der Waals surface area contributed by atoms with Crippen LogP contribution in [0.3, 0.4) is 0 Å². The molecule has 0 saturated carbocycles. The van der Waals surface area contributed by atoms with Crippen LogP contribution in [0.4, 0.5) is 14.5 Å². The van der Waals surface area contributed by atoms with Crippen LogP contribution in [0.15, 0.2) is 29.6 Å². The molecule has 0 unspecified atom stereocenters. The van der Waals surface area contributed by atoms with E-state index < -0.39 is 17.6 Å². The lowest BCUT2D eigenvalue weighted by Gasteiger charge is -2.05. The van der Waals surface area contributed by atoms with Crippen molar-refractivity contribution in [2.75, 3.05) is 5.32 Å². The van der Waals surface area contributed by atoms with Gasteiger partial charge in [-0.1, -0.05) is 0 Å². The Morgan fingerprint density at radius 2 is 2.11 bits per heavy atom. The molecular formula is C12H9F2NO2S. The van der Waals surface area contributed by atoms with Gasteiger partial charge in [0.25, 0.3) is 0 Å². The van der Waals surface area contributed by atoms with Gasteiger partial charge in [0.05, 0.1) is 11.3 Å². The van der Waals surface area contributed by atoms with E-state index in [4.69, 9.17) is 5.11 Å². The summed E-state index contributed by atoms with van der Waals surface area (Å²) in [7, 11) is 0. The van der Waals surface area contributed by atoms with Gasteiger partial charge in [-0.25, -0.2) is 13.6 Å².